The molecule has 0 fully saturated rings. The van der Waals surface area contributed by atoms with E-state index >= 15 is 0 Å². The summed E-state index contributed by atoms with van der Waals surface area (Å²) in [7, 11) is 0. The maximum atomic E-state index is 11.8. The van der Waals surface area contributed by atoms with Crippen LogP contribution in [0.5, 0.6) is 0 Å². The van der Waals surface area contributed by atoms with Crippen molar-refractivity contribution in [3.8, 4) is 0 Å². The Morgan fingerprint density at radius 1 is 1.00 bits per heavy atom. The maximum absolute atomic E-state index is 11.8. The smallest absolute Gasteiger partial charge is 0.226 e. The number of halogens is 1. The van der Waals surface area contributed by atoms with Crippen LogP contribution in [0.1, 0.15) is 17.5 Å². The predicted octanol–water partition coefficient (Wildman–Crippen LogP) is 4.51. The number of anilines is 2. The largest absolute Gasteiger partial charge is 0.385 e. The van der Waals surface area contributed by atoms with Gasteiger partial charge in [0.05, 0.1) is 0 Å². The van der Waals surface area contributed by atoms with Gasteiger partial charge in [0.15, 0.2) is 0 Å². The second-order valence-corrected chi connectivity index (χ2v) is 5.95. The molecule has 0 unspecified atom stereocenters. The molecule has 0 aromatic heterocycles. The molecular weight excluding hydrogens is 328 g/mol. The van der Waals surface area contributed by atoms with E-state index in [9.17, 15) is 4.79 Å². The summed E-state index contributed by atoms with van der Waals surface area (Å²) >= 11 is 3.37. The highest BCUT2D eigenvalue weighted by Crippen LogP contribution is 2.15. The number of hydrogen-bond acceptors (Lipinski definition) is 2. The van der Waals surface area contributed by atoms with Gasteiger partial charge in [-0.25, -0.2) is 0 Å². The highest BCUT2D eigenvalue weighted by atomic mass is 79.9. The van der Waals surface area contributed by atoms with E-state index in [-0.39, 0.29) is 5.91 Å². The normalized spacial score (nSPS) is 10.2. The minimum atomic E-state index is 0.00801. The summed E-state index contributed by atoms with van der Waals surface area (Å²) in [4.78, 5) is 11.8. The molecule has 0 heterocycles. The van der Waals surface area contributed by atoms with Gasteiger partial charge in [-0.05, 0) is 61.4 Å². The van der Waals surface area contributed by atoms with E-state index in [1.54, 1.807) is 0 Å². The number of rotatable bonds is 5. The number of benzene rings is 2. The summed E-state index contributed by atoms with van der Waals surface area (Å²) in [5.41, 5.74) is 4.39. The SMILES string of the molecule is Cc1ccc(NCCC(=O)Nc2ccc(Br)cc2)cc1C. The second-order valence-electron chi connectivity index (χ2n) is 5.03. The molecule has 3 nitrogen and oxygen atoms in total. The number of carbonyl (C=O) groups is 1. The van der Waals surface area contributed by atoms with Gasteiger partial charge in [0.25, 0.3) is 0 Å². The van der Waals surface area contributed by atoms with Crippen molar-refractivity contribution in [1.29, 1.82) is 0 Å². The van der Waals surface area contributed by atoms with Gasteiger partial charge in [0, 0.05) is 28.8 Å². The lowest BCUT2D eigenvalue weighted by Gasteiger charge is -2.09. The van der Waals surface area contributed by atoms with Gasteiger partial charge in [-0.1, -0.05) is 22.0 Å². The first-order valence-corrected chi connectivity index (χ1v) is 7.70. The van der Waals surface area contributed by atoms with Crippen LogP contribution >= 0.6 is 15.9 Å². The van der Waals surface area contributed by atoms with Crippen molar-refractivity contribution in [2.75, 3.05) is 17.2 Å². The predicted molar refractivity (Wildman–Crippen MR) is 91.8 cm³/mol. The summed E-state index contributed by atoms with van der Waals surface area (Å²) in [6.45, 7) is 4.79. The van der Waals surface area contributed by atoms with Crippen LogP contribution in [0.25, 0.3) is 0 Å². The molecule has 1 amide bonds. The Morgan fingerprint density at radius 2 is 1.67 bits per heavy atom. The number of aryl methyl sites for hydroxylation is 2. The van der Waals surface area contributed by atoms with E-state index in [4.69, 9.17) is 0 Å². The number of carbonyl (C=O) groups excluding carboxylic acids is 1. The molecule has 110 valence electrons. The van der Waals surface area contributed by atoms with Crippen LogP contribution < -0.4 is 10.6 Å². The average Bonchev–Trinajstić information content (AvgIpc) is 2.45. The van der Waals surface area contributed by atoms with Gasteiger partial charge in [-0.3, -0.25) is 4.79 Å². The topological polar surface area (TPSA) is 41.1 Å². The molecule has 2 aromatic rings. The van der Waals surface area contributed by atoms with Gasteiger partial charge in [0.2, 0.25) is 5.91 Å². The van der Waals surface area contributed by atoms with Crippen molar-refractivity contribution >= 4 is 33.2 Å². The number of hydrogen-bond donors (Lipinski definition) is 2. The Kier molecular flexibility index (Phi) is 5.39. The third-order valence-electron chi connectivity index (χ3n) is 3.32. The van der Waals surface area contributed by atoms with Crippen LogP contribution in [0, 0.1) is 13.8 Å². The van der Waals surface area contributed by atoms with Crippen LogP contribution in [0.15, 0.2) is 46.9 Å². The van der Waals surface area contributed by atoms with E-state index in [2.05, 4.69) is 52.5 Å². The van der Waals surface area contributed by atoms with Gasteiger partial charge in [-0.2, -0.15) is 0 Å². The molecule has 0 saturated carbocycles. The summed E-state index contributed by atoms with van der Waals surface area (Å²) in [6, 6.07) is 13.8. The van der Waals surface area contributed by atoms with Crippen molar-refractivity contribution in [2.24, 2.45) is 0 Å². The molecule has 0 saturated heterocycles. The zero-order chi connectivity index (χ0) is 15.2. The molecule has 4 heteroatoms. The molecule has 2 aromatic carbocycles. The van der Waals surface area contributed by atoms with Crippen molar-refractivity contribution in [1.82, 2.24) is 0 Å². The fourth-order valence-corrected chi connectivity index (χ4v) is 2.19. The van der Waals surface area contributed by atoms with Crippen LogP contribution in [-0.4, -0.2) is 12.5 Å². The average molecular weight is 347 g/mol. The molecule has 0 spiro atoms. The Bertz CT molecular complexity index is 623. The van der Waals surface area contributed by atoms with E-state index in [1.165, 1.54) is 11.1 Å². The molecule has 0 atom stereocenters. The molecule has 2 N–H and O–H groups in total. The minimum Gasteiger partial charge on any atom is -0.385 e. The summed E-state index contributed by atoms with van der Waals surface area (Å²) in [5.74, 6) is 0.00801. The first-order valence-electron chi connectivity index (χ1n) is 6.91. The number of nitrogens with one attached hydrogen (secondary N) is 2. The first kappa shape index (κ1) is 15.6. The quantitative estimate of drug-likeness (QED) is 0.836. The third kappa shape index (κ3) is 4.90. The van der Waals surface area contributed by atoms with E-state index in [0.29, 0.717) is 13.0 Å². The fourth-order valence-electron chi connectivity index (χ4n) is 1.93. The van der Waals surface area contributed by atoms with Crippen molar-refractivity contribution in [2.45, 2.75) is 20.3 Å². The Balaban J connectivity index is 1.78. The third-order valence-corrected chi connectivity index (χ3v) is 3.84. The van der Waals surface area contributed by atoms with Gasteiger partial charge >= 0.3 is 0 Å². The second kappa shape index (κ2) is 7.27. The lowest BCUT2D eigenvalue weighted by atomic mass is 10.1. The van der Waals surface area contributed by atoms with Gasteiger partial charge in [-0.15, -0.1) is 0 Å². The Morgan fingerprint density at radius 3 is 2.33 bits per heavy atom. The lowest BCUT2D eigenvalue weighted by molar-refractivity contribution is -0.115. The van der Waals surface area contributed by atoms with Crippen molar-refractivity contribution in [3.05, 3.63) is 58.1 Å². The molecule has 0 radical (unpaired) electrons. The molecule has 0 aliphatic rings. The van der Waals surface area contributed by atoms with Gasteiger partial charge in [0.1, 0.15) is 0 Å². The summed E-state index contributed by atoms with van der Waals surface area (Å²) < 4.78 is 0.997. The summed E-state index contributed by atoms with van der Waals surface area (Å²) in [6.07, 6.45) is 0.434. The molecule has 21 heavy (non-hydrogen) atoms. The molecular formula is C17H19BrN2O. The maximum Gasteiger partial charge on any atom is 0.226 e. The van der Waals surface area contributed by atoms with Crippen LogP contribution in [0.4, 0.5) is 11.4 Å². The van der Waals surface area contributed by atoms with E-state index < -0.39 is 0 Å². The van der Waals surface area contributed by atoms with Crippen molar-refractivity contribution in [3.63, 3.8) is 0 Å². The molecule has 0 aliphatic heterocycles. The number of amides is 1. The molecule has 2 rings (SSSR count). The first-order chi connectivity index (χ1) is 10.0. The Hall–Kier alpha value is -1.81. The highest BCUT2D eigenvalue weighted by molar-refractivity contribution is 9.10. The van der Waals surface area contributed by atoms with Crippen molar-refractivity contribution < 1.29 is 4.79 Å². The fraction of sp³-hybridized carbons (Fsp3) is 0.235. The molecule has 0 bridgehead atoms. The highest BCUT2D eigenvalue weighted by Gasteiger charge is 2.02. The van der Waals surface area contributed by atoms with Crippen LogP contribution in [-0.2, 0) is 4.79 Å². The van der Waals surface area contributed by atoms with E-state index in [1.807, 2.05) is 30.3 Å². The van der Waals surface area contributed by atoms with Gasteiger partial charge < -0.3 is 10.6 Å². The van der Waals surface area contributed by atoms with Crippen LogP contribution in [0.2, 0.25) is 0 Å². The van der Waals surface area contributed by atoms with E-state index in [0.717, 1.165) is 15.8 Å². The van der Waals surface area contributed by atoms with Crippen LogP contribution in [0.3, 0.4) is 0 Å². The zero-order valence-corrected chi connectivity index (χ0v) is 13.8. The zero-order valence-electron chi connectivity index (χ0n) is 12.2. The monoisotopic (exact) mass is 346 g/mol. The standard InChI is InChI=1S/C17H19BrN2O/c1-12-3-6-16(11-13(12)2)19-10-9-17(21)20-15-7-4-14(18)5-8-15/h3-8,11,19H,9-10H2,1-2H3,(H,20,21). The lowest BCUT2D eigenvalue weighted by Crippen LogP contribution is -2.16. The molecule has 0 aliphatic carbocycles. The summed E-state index contributed by atoms with van der Waals surface area (Å²) in [5, 5.41) is 6.15. The Labute approximate surface area is 133 Å². The minimum absolute atomic E-state index is 0.00801.